The Bertz CT molecular complexity index is 898. The van der Waals surface area contributed by atoms with Crippen LogP contribution in [0.2, 0.25) is 0 Å². The lowest BCUT2D eigenvalue weighted by Gasteiger charge is -2.49. The van der Waals surface area contributed by atoms with Crippen LogP contribution in [0.5, 0.6) is 0 Å². The molecule has 148 valence electrons. The molecule has 3 amide bonds. The van der Waals surface area contributed by atoms with Gasteiger partial charge >= 0.3 is 12.1 Å². The van der Waals surface area contributed by atoms with E-state index in [9.17, 15) is 24.3 Å². The summed E-state index contributed by atoms with van der Waals surface area (Å²) in [6.07, 6.45) is -1.07. The summed E-state index contributed by atoms with van der Waals surface area (Å²) in [7, 11) is 0. The average Bonchev–Trinajstić information content (AvgIpc) is 3.18. The normalized spacial score (nSPS) is 21.6. The number of thiazole rings is 1. The Morgan fingerprint density at radius 1 is 1.46 bits per heavy atom. The number of rotatable bonds is 6. The number of primary amides is 1. The van der Waals surface area contributed by atoms with E-state index in [-0.39, 0.29) is 35.0 Å². The van der Waals surface area contributed by atoms with Gasteiger partial charge in [-0.2, -0.15) is 0 Å². The predicted molar refractivity (Wildman–Crippen MR) is 95.7 cm³/mol. The van der Waals surface area contributed by atoms with Gasteiger partial charge in [0.25, 0.3) is 11.8 Å². The minimum absolute atomic E-state index is 0.141. The number of oxime groups is 1. The maximum Gasteiger partial charge on any atom is 0.404 e. The fraction of sp³-hybridized carbons (Fsp3) is 0.286. The maximum absolute atomic E-state index is 12.5. The van der Waals surface area contributed by atoms with Crippen LogP contribution in [0, 0.1) is 0 Å². The number of nitrogens with two attached hydrogens (primary N) is 1. The third-order valence-electron chi connectivity index (χ3n) is 3.92. The zero-order valence-electron chi connectivity index (χ0n) is 13.9. The van der Waals surface area contributed by atoms with Crippen molar-refractivity contribution >= 4 is 52.7 Å². The third-order valence-corrected chi connectivity index (χ3v) is 5.84. The molecular weight excluding hydrogens is 414 g/mol. The van der Waals surface area contributed by atoms with Crippen LogP contribution in [0.3, 0.4) is 0 Å². The number of carboxylic acids is 1. The Balaban J connectivity index is 1.76. The summed E-state index contributed by atoms with van der Waals surface area (Å²) in [6, 6.07) is -1.01. The molecule has 1 aromatic rings. The number of amides is 3. The van der Waals surface area contributed by atoms with Gasteiger partial charge in [0.1, 0.15) is 29.4 Å². The number of hydrogen-bond acceptors (Lipinski definition) is 10. The molecule has 1 aromatic heterocycles. The van der Waals surface area contributed by atoms with Crippen LogP contribution < -0.4 is 11.1 Å². The van der Waals surface area contributed by atoms with E-state index in [1.165, 1.54) is 34.0 Å². The van der Waals surface area contributed by atoms with Gasteiger partial charge in [0, 0.05) is 16.7 Å². The number of carboxylic acid groups (broad SMARTS) is 1. The first kappa shape index (κ1) is 19.6. The lowest BCUT2D eigenvalue weighted by Crippen LogP contribution is -2.71. The summed E-state index contributed by atoms with van der Waals surface area (Å²) in [5, 5.41) is 24.7. The summed E-state index contributed by atoms with van der Waals surface area (Å²) in [4.78, 5) is 52.1. The topological polar surface area (TPSA) is 185 Å². The molecule has 28 heavy (non-hydrogen) atoms. The second-order valence-corrected chi connectivity index (χ2v) is 7.37. The van der Waals surface area contributed by atoms with Gasteiger partial charge in [-0.15, -0.1) is 23.1 Å². The fourth-order valence-corrected chi connectivity index (χ4v) is 4.57. The number of thioether (sulfide) groups is 1. The van der Waals surface area contributed by atoms with Crippen molar-refractivity contribution in [3.05, 3.63) is 27.9 Å². The third kappa shape index (κ3) is 3.50. The van der Waals surface area contributed by atoms with E-state index in [1.54, 1.807) is 0 Å². The first-order valence-electron chi connectivity index (χ1n) is 7.58. The minimum atomic E-state index is -1.37. The molecule has 0 spiro atoms. The van der Waals surface area contributed by atoms with E-state index >= 15 is 0 Å². The molecule has 2 aliphatic heterocycles. The molecular formula is C14H13N5O7S2. The monoisotopic (exact) mass is 427 g/mol. The highest BCUT2D eigenvalue weighted by Crippen LogP contribution is 2.40. The molecule has 3 rings (SSSR count). The fourth-order valence-electron chi connectivity index (χ4n) is 2.70. The van der Waals surface area contributed by atoms with E-state index in [2.05, 4.69) is 20.2 Å². The molecule has 1 saturated heterocycles. The van der Waals surface area contributed by atoms with Crippen LogP contribution in [0.25, 0.3) is 0 Å². The lowest BCUT2D eigenvalue weighted by atomic mass is 10.0. The molecule has 2 aliphatic rings. The van der Waals surface area contributed by atoms with Crippen LogP contribution >= 0.6 is 23.1 Å². The van der Waals surface area contributed by atoms with Crippen molar-refractivity contribution in [3.63, 3.8) is 0 Å². The molecule has 0 aliphatic carbocycles. The van der Waals surface area contributed by atoms with Crippen LogP contribution in [0.1, 0.15) is 5.69 Å². The molecule has 0 saturated carbocycles. The Morgan fingerprint density at radius 2 is 2.21 bits per heavy atom. The van der Waals surface area contributed by atoms with Gasteiger partial charge in [-0.05, 0) is 0 Å². The van der Waals surface area contributed by atoms with Gasteiger partial charge < -0.3 is 26.1 Å². The Morgan fingerprint density at radius 3 is 2.79 bits per heavy atom. The highest BCUT2D eigenvalue weighted by atomic mass is 32.2. The molecule has 5 N–H and O–H groups in total. The van der Waals surface area contributed by atoms with Crippen molar-refractivity contribution in [2.45, 2.75) is 11.4 Å². The summed E-state index contributed by atoms with van der Waals surface area (Å²) in [5.74, 6) is -2.69. The van der Waals surface area contributed by atoms with Crippen molar-refractivity contribution in [1.29, 1.82) is 0 Å². The van der Waals surface area contributed by atoms with Crippen LogP contribution in [0.4, 0.5) is 4.79 Å². The highest BCUT2D eigenvalue weighted by molar-refractivity contribution is 8.00. The van der Waals surface area contributed by atoms with Gasteiger partial charge in [-0.1, -0.05) is 5.16 Å². The maximum atomic E-state index is 12.5. The second-order valence-electron chi connectivity index (χ2n) is 5.55. The molecule has 0 bridgehead atoms. The Hall–Kier alpha value is -3.13. The van der Waals surface area contributed by atoms with Crippen LogP contribution in [-0.2, 0) is 19.1 Å². The van der Waals surface area contributed by atoms with Crippen molar-refractivity contribution < 1.29 is 34.2 Å². The number of aromatic nitrogens is 1. The number of carbonyl (C=O) groups excluding carboxylic acids is 3. The van der Waals surface area contributed by atoms with E-state index in [4.69, 9.17) is 10.9 Å². The molecule has 0 radical (unpaired) electrons. The first-order chi connectivity index (χ1) is 13.3. The van der Waals surface area contributed by atoms with Crippen molar-refractivity contribution in [1.82, 2.24) is 15.2 Å². The molecule has 1 fully saturated rings. The number of aliphatic carboxylic acids is 1. The highest BCUT2D eigenvalue weighted by Gasteiger charge is 2.54. The second kappa shape index (κ2) is 7.85. The quantitative estimate of drug-likeness (QED) is 0.194. The number of ether oxygens (including phenoxy) is 1. The molecule has 1 unspecified atom stereocenters. The van der Waals surface area contributed by atoms with Crippen molar-refractivity contribution in [2.24, 2.45) is 10.9 Å². The van der Waals surface area contributed by atoms with Gasteiger partial charge in [-0.25, -0.2) is 14.6 Å². The predicted octanol–water partition coefficient (Wildman–Crippen LogP) is -0.845. The molecule has 12 nitrogen and oxygen atoms in total. The smallest absolute Gasteiger partial charge is 0.404 e. The first-order valence-corrected chi connectivity index (χ1v) is 9.58. The summed E-state index contributed by atoms with van der Waals surface area (Å²) < 4.78 is 4.63. The van der Waals surface area contributed by atoms with Crippen molar-refractivity contribution in [2.75, 3.05) is 12.4 Å². The number of hydrogen-bond donors (Lipinski definition) is 4. The van der Waals surface area contributed by atoms with E-state index in [0.717, 1.165) is 4.90 Å². The average molecular weight is 427 g/mol. The van der Waals surface area contributed by atoms with Gasteiger partial charge in [0.2, 0.25) is 0 Å². The largest absolute Gasteiger partial charge is 0.477 e. The van der Waals surface area contributed by atoms with Gasteiger partial charge in [-0.3, -0.25) is 14.5 Å². The number of β-lactam (4-membered cyclic amide) rings is 1. The zero-order chi connectivity index (χ0) is 20.4. The molecule has 2 atom stereocenters. The van der Waals surface area contributed by atoms with E-state index in [0.29, 0.717) is 0 Å². The summed E-state index contributed by atoms with van der Waals surface area (Å²) in [5.41, 5.74) is 6.02. The molecule has 0 aromatic carbocycles. The summed E-state index contributed by atoms with van der Waals surface area (Å²) in [6.45, 7) is -0.358. The van der Waals surface area contributed by atoms with E-state index < -0.39 is 35.3 Å². The molecule has 14 heteroatoms. The standard InChI is InChI=1S/C14H13N5O7S2/c15-14(24)26-1-5-2-28-12-8(11(21)19(12)9(5)13(22)23)17-10(20)7(18-25)6-3-27-4-16-6/h3-4,8,12,25H,1-2H2,(H2,15,24)(H,17,20)(H,22,23)/b18-7+/t8?,12-/m1/s1. The SMILES string of the molecule is NC(=O)OCC1=C(C(=O)O)N2C(=O)C(NC(=O)/C(=N/O)c3cscn3)[C@H]2SC1. The van der Waals surface area contributed by atoms with Crippen molar-refractivity contribution in [3.8, 4) is 0 Å². The van der Waals surface area contributed by atoms with Crippen LogP contribution in [0.15, 0.2) is 27.3 Å². The number of carbonyl (C=O) groups is 4. The number of nitrogens with zero attached hydrogens (tertiary/aromatic N) is 3. The summed E-state index contributed by atoms with van der Waals surface area (Å²) >= 11 is 2.38. The molecule has 3 heterocycles. The van der Waals surface area contributed by atoms with Gasteiger partial charge in [0.15, 0.2) is 5.71 Å². The lowest BCUT2D eigenvalue weighted by molar-refractivity contribution is -0.150. The Labute approximate surface area is 165 Å². The number of fused-ring (bicyclic) bond motifs is 1. The zero-order valence-corrected chi connectivity index (χ0v) is 15.5. The number of nitrogens with one attached hydrogen (secondary N) is 1. The minimum Gasteiger partial charge on any atom is -0.477 e. The Kier molecular flexibility index (Phi) is 5.51. The van der Waals surface area contributed by atoms with E-state index in [1.807, 2.05) is 0 Å². The van der Waals surface area contributed by atoms with Gasteiger partial charge in [0.05, 0.1) is 5.51 Å². The van der Waals surface area contributed by atoms with Crippen LogP contribution in [-0.4, -0.2) is 73.6 Å².